The van der Waals surface area contributed by atoms with E-state index >= 15 is 0 Å². The molecule has 36 heavy (non-hydrogen) atoms. The summed E-state index contributed by atoms with van der Waals surface area (Å²) >= 11 is 0. The number of esters is 1. The van der Waals surface area contributed by atoms with Gasteiger partial charge in [0.05, 0.1) is 25.2 Å². The Hall–Kier alpha value is -3.75. The summed E-state index contributed by atoms with van der Waals surface area (Å²) in [5.74, 6) is -3.81. The van der Waals surface area contributed by atoms with Gasteiger partial charge in [-0.2, -0.15) is 0 Å². The fourth-order valence-electron chi connectivity index (χ4n) is 5.08. The molecule has 2 fully saturated rings. The number of ketones is 1. The molecule has 192 valence electrons. The number of methoxy groups -OCH3 is 1. The van der Waals surface area contributed by atoms with Crippen LogP contribution in [0.5, 0.6) is 0 Å². The maximum Gasteiger partial charge on any atom is 0.315 e. The number of hydrogen-bond donors (Lipinski definition) is 1. The number of ether oxygens (including phenoxy) is 3. The number of Topliss-reactive ketones (excluding diaryl/α,β-unsaturated/α-hetero) is 1. The van der Waals surface area contributed by atoms with E-state index in [-0.39, 0.29) is 29.1 Å². The Morgan fingerprint density at radius 2 is 1.94 bits per heavy atom. The molecule has 0 radical (unpaired) electrons. The van der Waals surface area contributed by atoms with Crippen LogP contribution in [0.15, 0.2) is 40.5 Å². The van der Waals surface area contributed by atoms with Gasteiger partial charge < -0.3 is 24.2 Å². The number of aliphatic imine (C=N–C) groups is 1. The second kappa shape index (κ2) is 9.37. The van der Waals surface area contributed by atoms with Crippen LogP contribution >= 0.6 is 0 Å². The number of carbonyl (C=O) groups is 2. The molecular formula is C22H23N3O11. The monoisotopic (exact) mass is 505 g/mol. The topological polar surface area (TPSA) is 190 Å². The van der Waals surface area contributed by atoms with Gasteiger partial charge in [-0.15, -0.1) is 10.1 Å². The minimum atomic E-state index is -2.28. The fourth-order valence-corrected chi connectivity index (χ4v) is 5.08. The zero-order valence-corrected chi connectivity index (χ0v) is 19.5. The third-order valence-corrected chi connectivity index (χ3v) is 6.65. The van der Waals surface area contributed by atoms with E-state index in [1.54, 1.807) is 6.92 Å². The Morgan fingerprint density at radius 1 is 1.22 bits per heavy atom. The minimum absolute atomic E-state index is 0.0782. The predicted octanol–water partition coefficient (Wildman–Crippen LogP) is 0.891. The summed E-state index contributed by atoms with van der Waals surface area (Å²) in [5.41, 5.74) is -1.86. The largest absolute Gasteiger partial charge is 0.468 e. The quantitative estimate of drug-likeness (QED) is 0.314. The number of nitro groups is 1. The normalized spacial score (nSPS) is 31.4. The molecule has 0 spiro atoms. The van der Waals surface area contributed by atoms with Gasteiger partial charge in [0.1, 0.15) is 18.1 Å². The first-order chi connectivity index (χ1) is 17.0. The maximum absolute atomic E-state index is 14.0. The smallest absolute Gasteiger partial charge is 0.315 e. The van der Waals surface area contributed by atoms with Crippen molar-refractivity contribution in [1.82, 2.24) is 0 Å². The van der Waals surface area contributed by atoms with Crippen LogP contribution in [0.4, 0.5) is 5.69 Å². The maximum atomic E-state index is 14.0. The molecule has 14 heteroatoms. The van der Waals surface area contributed by atoms with Gasteiger partial charge in [0.25, 0.3) is 10.8 Å². The number of benzene rings is 1. The molecule has 3 aliphatic heterocycles. The van der Waals surface area contributed by atoms with Crippen LogP contribution in [0.3, 0.4) is 0 Å². The molecule has 0 aromatic heterocycles. The van der Waals surface area contributed by atoms with E-state index in [9.17, 15) is 34.9 Å². The Bertz CT molecular complexity index is 1200. The van der Waals surface area contributed by atoms with Crippen molar-refractivity contribution in [3.8, 4) is 0 Å². The molecule has 3 aliphatic rings. The number of allylic oxidation sites excluding steroid dienone is 1. The minimum Gasteiger partial charge on any atom is -0.468 e. The van der Waals surface area contributed by atoms with Gasteiger partial charge in [-0.1, -0.05) is 12.1 Å². The van der Waals surface area contributed by atoms with Gasteiger partial charge in [0, 0.05) is 35.0 Å². The van der Waals surface area contributed by atoms with Crippen LogP contribution in [0, 0.1) is 26.1 Å². The van der Waals surface area contributed by atoms with Gasteiger partial charge in [0.2, 0.25) is 0 Å². The third-order valence-electron chi connectivity index (χ3n) is 6.65. The summed E-state index contributed by atoms with van der Waals surface area (Å²) < 4.78 is 15.9. The van der Waals surface area contributed by atoms with Crippen molar-refractivity contribution in [2.45, 2.75) is 43.7 Å². The van der Waals surface area contributed by atoms with E-state index in [2.05, 4.69) is 9.83 Å². The van der Waals surface area contributed by atoms with Crippen LogP contribution in [0.2, 0.25) is 0 Å². The number of hydrogen-bond acceptors (Lipinski definition) is 12. The van der Waals surface area contributed by atoms with E-state index < -0.39 is 64.1 Å². The van der Waals surface area contributed by atoms with E-state index in [0.717, 1.165) is 7.11 Å². The van der Waals surface area contributed by atoms with Gasteiger partial charge in [-0.3, -0.25) is 24.7 Å². The first kappa shape index (κ1) is 25.3. The SMILES string of the molecule is COC(=O)C1C(C)=NC(C)=C(C(=O)[C@]2(O)CO[C@@H]3[C@H](O[N+](=O)[O-])CO[C@@H]32)C1c1cccc([N+](=O)[O-])c1. The highest BCUT2D eigenvalue weighted by Gasteiger charge is 2.62. The van der Waals surface area contributed by atoms with Crippen molar-refractivity contribution in [2.24, 2.45) is 10.9 Å². The molecule has 6 atom stereocenters. The number of non-ortho nitro benzene ring substituents is 1. The summed E-state index contributed by atoms with van der Waals surface area (Å²) in [6.07, 6.45) is -3.53. The zero-order valence-electron chi connectivity index (χ0n) is 19.5. The van der Waals surface area contributed by atoms with Crippen molar-refractivity contribution < 1.29 is 43.8 Å². The molecule has 0 aliphatic carbocycles. The van der Waals surface area contributed by atoms with E-state index in [4.69, 9.17) is 14.2 Å². The second-order valence-electron chi connectivity index (χ2n) is 8.73. The molecule has 2 unspecified atom stereocenters. The highest BCUT2D eigenvalue weighted by molar-refractivity contribution is 6.11. The fraction of sp³-hybridized carbons (Fsp3) is 0.500. The third kappa shape index (κ3) is 4.12. The first-order valence-electron chi connectivity index (χ1n) is 10.9. The van der Waals surface area contributed by atoms with Crippen LogP contribution in [-0.4, -0.2) is 76.8 Å². The molecule has 1 aromatic rings. The van der Waals surface area contributed by atoms with Crippen molar-refractivity contribution in [1.29, 1.82) is 0 Å². The molecular weight excluding hydrogens is 482 g/mol. The summed E-state index contributed by atoms with van der Waals surface area (Å²) in [4.78, 5) is 57.3. The van der Waals surface area contributed by atoms with Gasteiger partial charge in [-0.25, -0.2) is 0 Å². The standard InChI is InChI=1S/C22H23N3O11/c1-10-15(19(26)22(28)9-35-18-14(36-25(31)32)8-34-20(18)22)17(16(11(2)23-10)21(27)33-3)12-5-4-6-13(7-12)24(29)30/h4-7,14,16-18,20,28H,8-9H2,1-3H3/t14-,16?,17?,18-,20+,22-/m1/s1. The number of nitro benzene ring substituents is 1. The average molecular weight is 505 g/mol. The summed E-state index contributed by atoms with van der Waals surface area (Å²) in [6, 6.07) is 5.45. The number of carbonyl (C=O) groups excluding carboxylic acids is 2. The lowest BCUT2D eigenvalue weighted by Crippen LogP contribution is -2.53. The average Bonchev–Trinajstić information content (AvgIpc) is 3.39. The number of fused-ring (bicyclic) bond motifs is 1. The highest BCUT2D eigenvalue weighted by Crippen LogP contribution is 2.45. The van der Waals surface area contributed by atoms with Gasteiger partial charge in [-0.05, 0) is 19.4 Å². The molecule has 0 bridgehead atoms. The highest BCUT2D eigenvalue weighted by atomic mass is 17.0. The molecule has 2 saturated heterocycles. The summed E-state index contributed by atoms with van der Waals surface area (Å²) in [5, 5.41) is 32.7. The van der Waals surface area contributed by atoms with E-state index in [0.29, 0.717) is 5.71 Å². The van der Waals surface area contributed by atoms with Crippen molar-refractivity contribution in [3.63, 3.8) is 0 Å². The van der Waals surface area contributed by atoms with Crippen LogP contribution in [0.25, 0.3) is 0 Å². The Labute approximate surface area is 203 Å². The molecule has 4 rings (SSSR count). The number of aliphatic hydroxyl groups is 1. The Kier molecular flexibility index (Phi) is 6.60. The van der Waals surface area contributed by atoms with Crippen molar-refractivity contribution >= 4 is 23.2 Å². The van der Waals surface area contributed by atoms with Gasteiger partial charge in [0.15, 0.2) is 17.5 Å². The number of nitrogens with zero attached hydrogens (tertiary/aromatic N) is 3. The molecule has 14 nitrogen and oxygen atoms in total. The van der Waals surface area contributed by atoms with E-state index in [1.165, 1.54) is 31.2 Å². The van der Waals surface area contributed by atoms with Crippen molar-refractivity contribution in [3.05, 3.63) is 61.3 Å². The van der Waals surface area contributed by atoms with Crippen LogP contribution < -0.4 is 0 Å². The molecule has 1 N–H and O–H groups in total. The van der Waals surface area contributed by atoms with Crippen LogP contribution in [-0.2, 0) is 28.6 Å². The second-order valence-corrected chi connectivity index (χ2v) is 8.73. The molecule has 0 amide bonds. The van der Waals surface area contributed by atoms with E-state index in [1.807, 2.05) is 0 Å². The first-order valence-corrected chi connectivity index (χ1v) is 10.9. The molecule has 1 aromatic carbocycles. The number of rotatable bonds is 7. The van der Waals surface area contributed by atoms with Gasteiger partial charge >= 0.3 is 5.97 Å². The lowest BCUT2D eigenvalue weighted by molar-refractivity contribution is -0.769. The predicted molar refractivity (Wildman–Crippen MR) is 118 cm³/mol. The Balaban J connectivity index is 1.80. The summed E-state index contributed by atoms with van der Waals surface area (Å²) in [6.45, 7) is 2.24. The van der Waals surface area contributed by atoms with Crippen molar-refractivity contribution in [2.75, 3.05) is 20.3 Å². The molecule has 0 saturated carbocycles. The lowest BCUT2D eigenvalue weighted by atomic mass is 9.71. The molecule has 3 heterocycles. The zero-order chi connectivity index (χ0) is 26.4. The Morgan fingerprint density at radius 3 is 2.58 bits per heavy atom. The summed E-state index contributed by atoms with van der Waals surface area (Å²) in [7, 11) is 1.16. The van der Waals surface area contributed by atoms with Crippen LogP contribution in [0.1, 0.15) is 25.3 Å². The lowest BCUT2D eigenvalue weighted by Gasteiger charge is -2.35.